The molecule has 2 aliphatic rings. The summed E-state index contributed by atoms with van der Waals surface area (Å²) in [6, 6.07) is 0.449. The van der Waals surface area contributed by atoms with Crippen molar-refractivity contribution in [3.8, 4) is 0 Å². The average molecular weight is 216 g/mol. The smallest absolute Gasteiger partial charge is 0.0571 e. The third-order valence-electron chi connectivity index (χ3n) is 2.81. The normalized spacial score (nSPS) is 25.8. The number of methoxy groups -OCH3 is 1. The molecule has 1 unspecified atom stereocenters. The van der Waals surface area contributed by atoms with Gasteiger partial charge in [-0.05, 0) is 39.3 Å². The molecule has 92 valence electrons. The molecule has 1 aliphatic heterocycles. The summed E-state index contributed by atoms with van der Waals surface area (Å²) in [7, 11) is 3.89. The SMILES string of the molecule is CC.CN1CCC(N)C1.COC1CCC1. The first-order valence-electron chi connectivity index (χ1n) is 6.19. The molecule has 0 aromatic rings. The lowest BCUT2D eigenvalue weighted by molar-refractivity contribution is 0.0412. The average Bonchev–Trinajstić information content (AvgIpc) is 2.53. The lowest BCUT2D eigenvalue weighted by Gasteiger charge is -2.22. The Kier molecular flexibility index (Phi) is 9.06. The van der Waals surface area contributed by atoms with Gasteiger partial charge >= 0.3 is 0 Å². The molecule has 1 saturated heterocycles. The van der Waals surface area contributed by atoms with Crippen molar-refractivity contribution < 1.29 is 4.74 Å². The van der Waals surface area contributed by atoms with Crippen molar-refractivity contribution in [1.82, 2.24) is 4.90 Å². The first-order chi connectivity index (χ1) is 7.22. The molecule has 2 fully saturated rings. The molecule has 1 saturated carbocycles. The minimum atomic E-state index is 0.449. The highest BCUT2D eigenvalue weighted by Gasteiger charge is 2.15. The van der Waals surface area contributed by atoms with Crippen molar-refractivity contribution in [2.75, 3.05) is 27.2 Å². The van der Waals surface area contributed by atoms with Crippen LogP contribution >= 0.6 is 0 Å². The highest BCUT2D eigenvalue weighted by molar-refractivity contribution is 4.74. The molecule has 1 atom stereocenters. The number of rotatable bonds is 1. The van der Waals surface area contributed by atoms with Crippen LogP contribution in [0.2, 0.25) is 0 Å². The van der Waals surface area contributed by atoms with E-state index in [1.165, 1.54) is 32.2 Å². The first kappa shape index (κ1) is 14.9. The summed E-state index contributed by atoms with van der Waals surface area (Å²) in [5, 5.41) is 0. The number of nitrogens with two attached hydrogens (primary N) is 1. The second-order valence-corrected chi connectivity index (χ2v) is 4.10. The monoisotopic (exact) mass is 216 g/mol. The molecule has 3 nitrogen and oxygen atoms in total. The Morgan fingerprint density at radius 3 is 1.87 bits per heavy atom. The van der Waals surface area contributed by atoms with E-state index >= 15 is 0 Å². The second kappa shape index (κ2) is 9.13. The molecule has 3 heteroatoms. The van der Waals surface area contributed by atoms with Crippen LogP contribution in [-0.2, 0) is 4.74 Å². The van der Waals surface area contributed by atoms with Crippen molar-refractivity contribution in [2.24, 2.45) is 5.73 Å². The molecule has 2 N–H and O–H groups in total. The molecule has 0 amide bonds. The Labute approximate surface area is 95.0 Å². The zero-order chi connectivity index (χ0) is 11.7. The quantitative estimate of drug-likeness (QED) is 0.727. The highest BCUT2D eigenvalue weighted by Crippen LogP contribution is 2.20. The first-order valence-corrected chi connectivity index (χ1v) is 6.19. The van der Waals surface area contributed by atoms with Gasteiger partial charge in [0.25, 0.3) is 0 Å². The minimum absolute atomic E-state index is 0.449. The largest absolute Gasteiger partial charge is 0.381 e. The Hall–Kier alpha value is -0.120. The topological polar surface area (TPSA) is 38.5 Å². The van der Waals surface area contributed by atoms with E-state index in [2.05, 4.69) is 11.9 Å². The Bertz CT molecular complexity index is 127. The molecule has 0 aromatic carbocycles. The van der Waals surface area contributed by atoms with Gasteiger partial charge in [-0.15, -0.1) is 0 Å². The molecule has 0 spiro atoms. The van der Waals surface area contributed by atoms with Crippen LogP contribution in [0, 0.1) is 0 Å². The van der Waals surface area contributed by atoms with Crippen LogP contribution in [0.15, 0.2) is 0 Å². The number of nitrogens with zero attached hydrogens (tertiary/aromatic N) is 1. The van der Waals surface area contributed by atoms with Gasteiger partial charge in [0.2, 0.25) is 0 Å². The van der Waals surface area contributed by atoms with E-state index in [0.29, 0.717) is 12.1 Å². The predicted octanol–water partition coefficient (Wildman–Crippen LogP) is 1.86. The maximum atomic E-state index is 5.58. The van der Waals surface area contributed by atoms with E-state index in [1.807, 2.05) is 13.8 Å². The number of likely N-dealkylation sites (N-methyl/N-ethyl adjacent to an activating group) is 1. The van der Waals surface area contributed by atoms with Gasteiger partial charge in [0.1, 0.15) is 0 Å². The van der Waals surface area contributed by atoms with Gasteiger partial charge in [0.05, 0.1) is 6.10 Å². The lowest BCUT2D eigenvalue weighted by atomic mass is 9.96. The molecule has 0 aromatic heterocycles. The number of hydrogen-bond donors (Lipinski definition) is 1. The molecule has 15 heavy (non-hydrogen) atoms. The van der Waals surface area contributed by atoms with E-state index in [0.717, 1.165) is 6.54 Å². The summed E-state index contributed by atoms with van der Waals surface area (Å²) in [5.74, 6) is 0. The van der Waals surface area contributed by atoms with Crippen LogP contribution in [0.3, 0.4) is 0 Å². The summed E-state index contributed by atoms with van der Waals surface area (Å²) in [6.07, 6.45) is 5.74. The van der Waals surface area contributed by atoms with Crippen molar-refractivity contribution in [1.29, 1.82) is 0 Å². The Morgan fingerprint density at radius 2 is 1.80 bits per heavy atom. The molecule has 1 aliphatic carbocycles. The third kappa shape index (κ3) is 6.88. The van der Waals surface area contributed by atoms with Crippen LogP contribution < -0.4 is 5.73 Å². The van der Waals surface area contributed by atoms with E-state index in [4.69, 9.17) is 10.5 Å². The minimum Gasteiger partial charge on any atom is -0.381 e. The van der Waals surface area contributed by atoms with Gasteiger partial charge in [-0.3, -0.25) is 0 Å². The van der Waals surface area contributed by atoms with Crippen LogP contribution in [0.4, 0.5) is 0 Å². The molecule has 0 radical (unpaired) electrons. The van der Waals surface area contributed by atoms with Gasteiger partial charge in [-0.25, -0.2) is 0 Å². The van der Waals surface area contributed by atoms with Crippen molar-refractivity contribution in [3.63, 3.8) is 0 Å². The molecule has 2 rings (SSSR count). The van der Waals surface area contributed by atoms with Gasteiger partial charge in [0, 0.05) is 19.7 Å². The highest BCUT2D eigenvalue weighted by atomic mass is 16.5. The fraction of sp³-hybridized carbons (Fsp3) is 1.00. The van der Waals surface area contributed by atoms with Gasteiger partial charge in [-0.2, -0.15) is 0 Å². The van der Waals surface area contributed by atoms with Crippen LogP contribution in [0.1, 0.15) is 39.5 Å². The number of hydrogen-bond acceptors (Lipinski definition) is 3. The van der Waals surface area contributed by atoms with Gasteiger partial charge in [0.15, 0.2) is 0 Å². The van der Waals surface area contributed by atoms with E-state index < -0.39 is 0 Å². The van der Waals surface area contributed by atoms with E-state index in [1.54, 1.807) is 7.11 Å². The summed E-state index contributed by atoms with van der Waals surface area (Å²) < 4.78 is 4.99. The van der Waals surface area contributed by atoms with Gasteiger partial charge < -0.3 is 15.4 Å². The van der Waals surface area contributed by atoms with Gasteiger partial charge in [-0.1, -0.05) is 13.8 Å². The number of ether oxygens (including phenoxy) is 1. The van der Waals surface area contributed by atoms with Crippen molar-refractivity contribution >= 4 is 0 Å². The van der Waals surface area contributed by atoms with Crippen molar-refractivity contribution in [2.45, 2.75) is 51.7 Å². The Morgan fingerprint density at radius 1 is 1.20 bits per heavy atom. The van der Waals surface area contributed by atoms with Crippen LogP contribution in [0.25, 0.3) is 0 Å². The maximum absolute atomic E-state index is 5.58. The maximum Gasteiger partial charge on any atom is 0.0571 e. The zero-order valence-corrected chi connectivity index (χ0v) is 10.8. The molecule has 1 heterocycles. The van der Waals surface area contributed by atoms with E-state index in [9.17, 15) is 0 Å². The summed E-state index contributed by atoms with van der Waals surface area (Å²) in [5.41, 5.74) is 5.58. The van der Waals surface area contributed by atoms with Crippen LogP contribution in [0.5, 0.6) is 0 Å². The Balaban J connectivity index is 0.000000227. The number of likely N-dealkylation sites (tertiary alicyclic amines) is 1. The zero-order valence-electron chi connectivity index (χ0n) is 10.8. The fourth-order valence-electron chi connectivity index (χ4n) is 1.58. The summed E-state index contributed by atoms with van der Waals surface area (Å²) in [4.78, 5) is 2.25. The van der Waals surface area contributed by atoms with E-state index in [-0.39, 0.29) is 0 Å². The lowest BCUT2D eigenvalue weighted by Crippen LogP contribution is -2.23. The molecular formula is C12H28N2O. The summed E-state index contributed by atoms with van der Waals surface area (Å²) in [6.45, 7) is 6.27. The summed E-state index contributed by atoms with van der Waals surface area (Å²) >= 11 is 0. The standard InChI is InChI=1S/C5H12N2.C5H10O.C2H6/c1-7-3-2-5(6)4-7;1-6-5-3-2-4-5;1-2/h5H,2-4,6H2,1H3;5H,2-4H2,1H3;1-2H3. The fourth-order valence-corrected chi connectivity index (χ4v) is 1.58. The molecular weight excluding hydrogens is 188 g/mol. The second-order valence-electron chi connectivity index (χ2n) is 4.10. The third-order valence-corrected chi connectivity index (χ3v) is 2.81. The van der Waals surface area contributed by atoms with Crippen LogP contribution in [-0.4, -0.2) is 44.3 Å². The molecule has 0 bridgehead atoms. The van der Waals surface area contributed by atoms with Crippen molar-refractivity contribution in [3.05, 3.63) is 0 Å². The predicted molar refractivity (Wildman–Crippen MR) is 66.1 cm³/mol.